The van der Waals surface area contributed by atoms with Crippen molar-refractivity contribution in [3.63, 3.8) is 0 Å². The molecule has 6 nitrogen and oxygen atoms in total. The molecule has 0 rings (SSSR count). The Balaban J connectivity index is 4.62. The molecule has 0 aromatic heterocycles. The summed E-state index contributed by atoms with van der Waals surface area (Å²) in [6, 6.07) is 0. The Bertz CT molecular complexity index is 1340. The fourth-order valence-electron chi connectivity index (χ4n) is 5.93. The van der Waals surface area contributed by atoms with Crippen LogP contribution < -0.4 is 0 Å². The Hall–Kier alpha value is -4.19. The topological polar surface area (TPSA) is 78.9 Å². The largest absolute Gasteiger partial charge is 0.462 e. The Kier molecular flexibility index (Phi) is 45.1. The molecular formula is C55H86O6. The molecule has 1 unspecified atom stereocenters. The zero-order chi connectivity index (χ0) is 44.4. The minimum absolute atomic E-state index is 0.135. The van der Waals surface area contributed by atoms with Gasteiger partial charge in [0.05, 0.1) is 0 Å². The summed E-state index contributed by atoms with van der Waals surface area (Å²) in [7, 11) is 0. The quantitative estimate of drug-likeness (QED) is 0.0201. The van der Waals surface area contributed by atoms with E-state index in [4.69, 9.17) is 14.2 Å². The summed E-state index contributed by atoms with van der Waals surface area (Å²) in [6.45, 7) is 6.30. The Morgan fingerprint density at radius 3 is 1.26 bits per heavy atom. The zero-order valence-corrected chi connectivity index (χ0v) is 38.9. The number of rotatable bonds is 41. The molecule has 342 valence electrons. The highest BCUT2D eigenvalue weighted by Crippen LogP contribution is 2.11. The van der Waals surface area contributed by atoms with Gasteiger partial charge in [0.1, 0.15) is 13.2 Å². The molecule has 0 saturated carbocycles. The molecular weight excluding hydrogens is 757 g/mol. The van der Waals surface area contributed by atoms with Gasteiger partial charge in [-0.15, -0.1) is 0 Å². The van der Waals surface area contributed by atoms with Crippen LogP contribution in [0.2, 0.25) is 0 Å². The van der Waals surface area contributed by atoms with Crippen LogP contribution in [0.4, 0.5) is 0 Å². The molecule has 6 heteroatoms. The second-order valence-electron chi connectivity index (χ2n) is 15.4. The summed E-state index contributed by atoms with van der Waals surface area (Å²) >= 11 is 0. The number of hydrogen-bond acceptors (Lipinski definition) is 6. The standard InChI is InChI=1S/C55H86O6/c1-4-7-10-13-16-19-22-25-26-27-28-31-33-36-39-42-45-48-54(57)60-51-52(61-55(58)49-46-43-40-37-34-30-24-21-18-15-12-9-6-3)50-59-53(56)47-44-41-38-35-32-29-23-20-17-14-11-8-5-2/h9,12,15-16,18-19,21,24-26,28-32,34,36-37,39-40,52H,4-8,10-11,13-14,17,20,22-23,27,33,35,38,41-51H2,1-3H3/b12-9+,18-15+,19-16+,24-21+,26-25+,31-28+,32-29+,34-30+,39-36+,40-37+. The Labute approximate surface area is 373 Å². The highest BCUT2D eigenvalue weighted by molar-refractivity contribution is 5.71. The van der Waals surface area contributed by atoms with Gasteiger partial charge in [0.15, 0.2) is 6.10 Å². The third-order valence-corrected chi connectivity index (χ3v) is 9.55. The summed E-state index contributed by atoms with van der Waals surface area (Å²) in [6.07, 6.45) is 66.2. The predicted molar refractivity (Wildman–Crippen MR) is 260 cm³/mol. The molecule has 1 atom stereocenters. The maximum absolute atomic E-state index is 12.7. The van der Waals surface area contributed by atoms with Crippen LogP contribution in [0.1, 0.15) is 188 Å². The van der Waals surface area contributed by atoms with Gasteiger partial charge in [-0.25, -0.2) is 0 Å². The number of esters is 3. The molecule has 0 fully saturated rings. The van der Waals surface area contributed by atoms with E-state index in [1.165, 1.54) is 64.2 Å². The monoisotopic (exact) mass is 843 g/mol. The van der Waals surface area contributed by atoms with Crippen molar-refractivity contribution in [2.45, 2.75) is 194 Å². The number of carbonyl (C=O) groups is 3. The fraction of sp³-hybridized carbons (Fsp3) is 0.582. The first-order valence-corrected chi connectivity index (χ1v) is 24.1. The molecule has 0 amide bonds. The molecule has 0 aromatic rings. The normalized spacial score (nSPS) is 13.2. The molecule has 0 bridgehead atoms. The lowest BCUT2D eigenvalue weighted by molar-refractivity contribution is -0.167. The zero-order valence-electron chi connectivity index (χ0n) is 38.9. The maximum atomic E-state index is 12.7. The highest BCUT2D eigenvalue weighted by atomic mass is 16.6. The number of carbonyl (C=O) groups excluding carboxylic acids is 3. The smallest absolute Gasteiger partial charge is 0.306 e. The van der Waals surface area contributed by atoms with E-state index in [2.05, 4.69) is 87.6 Å². The van der Waals surface area contributed by atoms with Gasteiger partial charge in [-0.1, -0.05) is 194 Å². The summed E-state index contributed by atoms with van der Waals surface area (Å²) in [5, 5.41) is 0. The molecule has 0 N–H and O–H groups in total. The van der Waals surface area contributed by atoms with Gasteiger partial charge in [-0.2, -0.15) is 0 Å². The van der Waals surface area contributed by atoms with Crippen molar-refractivity contribution in [3.8, 4) is 0 Å². The van der Waals surface area contributed by atoms with Crippen LogP contribution in [0.25, 0.3) is 0 Å². The first-order chi connectivity index (χ1) is 30.0. The fourth-order valence-corrected chi connectivity index (χ4v) is 5.93. The van der Waals surface area contributed by atoms with Crippen LogP contribution in [-0.4, -0.2) is 37.2 Å². The van der Waals surface area contributed by atoms with Crippen LogP contribution in [-0.2, 0) is 28.6 Å². The van der Waals surface area contributed by atoms with E-state index in [-0.39, 0.29) is 38.0 Å². The lowest BCUT2D eigenvalue weighted by Crippen LogP contribution is -2.30. The van der Waals surface area contributed by atoms with Gasteiger partial charge in [0.25, 0.3) is 0 Å². The SMILES string of the molecule is CC/C=C/C=C/C=C/C=C/C=C/CCCC(=O)OC(COC(=O)CCC/C=C/C/C=C/C/C=C/C/C=C/CCCCC)COC(=O)CCCCC/C=C/CCCCCCCC. The van der Waals surface area contributed by atoms with Crippen molar-refractivity contribution in [1.82, 2.24) is 0 Å². The summed E-state index contributed by atoms with van der Waals surface area (Å²) < 4.78 is 16.6. The second-order valence-corrected chi connectivity index (χ2v) is 15.4. The molecule has 0 radical (unpaired) electrons. The first kappa shape index (κ1) is 56.8. The van der Waals surface area contributed by atoms with Gasteiger partial charge in [-0.3, -0.25) is 14.4 Å². The van der Waals surface area contributed by atoms with Crippen molar-refractivity contribution >= 4 is 17.9 Å². The maximum Gasteiger partial charge on any atom is 0.306 e. The van der Waals surface area contributed by atoms with Crippen molar-refractivity contribution < 1.29 is 28.6 Å². The second kappa shape index (κ2) is 48.5. The van der Waals surface area contributed by atoms with E-state index in [1.54, 1.807) is 0 Å². The molecule has 0 spiro atoms. The van der Waals surface area contributed by atoms with Gasteiger partial charge >= 0.3 is 17.9 Å². The van der Waals surface area contributed by atoms with Crippen LogP contribution in [0, 0.1) is 0 Å². The molecule has 0 aliphatic rings. The van der Waals surface area contributed by atoms with E-state index in [1.807, 2.05) is 54.7 Å². The number of ether oxygens (including phenoxy) is 3. The molecule has 0 saturated heterocycles. The minimum atomic E-state index is -0.845. The van der Waals surface area contributed by atoms with E-state index in [0.717, 1.165) is 64.2 Å². The third-order valence-electron chi connectivity index (χ3n) is 9.55. The minimum Gasteiger partial charge on any atom is -0.462 e. The summed E-state index contributed by atoms with van der Waals surface area (Å²) in [5.74, 6) is -1.10. The molecule has 61 heavy (non-hydrogen) atoms. The molecule has 0 aliphatic heterocycles. The van der Waals surface area contributed by atoms with Crippen LogP contribution in [0.15, 0.2) is 122 Å². The first-order valence-electron chi connectivity index (χ1n) is 24.1. The van der Waals surface area contributed by atoms with Gasteiger partial charge in [0.2, 0.25) is 0 Å². The van der Waals surface area contributed by atoms with Crippen molar-refractivity contribution in [1.29, 1.82) is 0 Å². The lowest BCUT2D eigenvalue weighted by Gasteiger charge is -2.18. The summed E-state index contributed by atoms with van der Waals surface area (Å²) in [4.78, 5) is 37.8. The van der Waals surface area contributed by atoms with Crippen molar-refractivity contribution in [3.05, 3.63) is 122 Å². The van der Waals surface area contributed by atoms with Gasteiger partial charge < -0.3 is 14.2 Å². The Morgan fingerprint density at radius 1 is 0.361 bits per heavy atom. The van der Waals surface area contributed by atoms with Gasteiger partial charge in [0, 0.05) is 19.3 Å². The van der Waals surface area contributed by atoms with Crippen molar-refractivity contribution in [2.75, 3.05) is 13.2 Å². The third kappa shape index (κ3) is 46.7. The average molecular weight is 843 g/mol. The highest BCUT2D eigenvalue weighted by Gasteiger charge is 2.19. The van der Waals surface area contributed by atoms with E-state index >= 15 is 0 Å². The van der Waals surface area contributed by atoms with Crippen LogP contribution in [0.3, 0.4) is 0 Å². The number of hydrogen-bond donors (Lipinski definition) is 0. The van der Waals surface area contributed by atoms with Gasteiger partial charge in [-0.05, 0) is 96.3 Å². The number of unbranched alkanes of at least 4 members (excludes halogenated alkanes) is 14. The van der Waals surface area contributed by atoms with E-state index < -0.39 is 12.1 Å². The summed E-state index contributed by atoms with van der Waals surface area (Å²) in [5.41, 5.74) is 0. The van der Waals surface area contributed by atoms with E-state index in [9.17, 15) is 14.4 Å². The van der Waals surface area contributed by atoms with Crippen LogP contribution in [0.5, 0.6) is 0 Å². The van der Waals surface area contributed by atoms with Crippen molar-refractivity contribution in [2.24, 2.45) is 0 Å². The molecule has 0 heterocycles. The molecule has 0 aromatic carbocycles. The lowest BCUT2D eigenvalue weighted by atomic mass is 10.1. The number of allylic oxidation sites excluding steroid dienone is 20. The Morgan fingerprint density at radius 2 is 0.721 bits per heavy atom. The average Bonchev–Trinajstić information content (AvgIpc) is 3.26. The molecule has 0 aliphatic carbocycles. The van der Waals surface area contributed by atoms with E-state index in [0.29, 0.717) is 25.7 Å². The predicted octanol–water partition coefficient (Wildman–Crippen LogP) is 15.7. The van der Waals surface area contributed by atoms with Crippen LogP contribution >= 0.6 is 0 Å².